The van der Waals surface area contributed by atoms with Gasteiger partial charge in [-0.3, -0.25) is 0 Å². The summed E-state index contributed by atoms with van der Waals surface area (Å²) in [5.74, 6) is -0.405. The Labute approximate surface area is 239 Å². The lowest BCUT2D eigenvalue weighted by atomic mass is 10.0. The fraction of sp³-hybridized carbons (Fsp3) is 1.00. The van der Waals surface area contributed by atoms with Crippen LogP contribution in [0.4, 0.5) is 0 Å². The van der Waals surface area contributed by atoms with Crippen LogP contribution in [0.3, 0.4) is 0 Å². The van der Waals surface area contributed by atoms with E-state index in [1.165, 1.54) is 128 Å². The first-order valence-corrected chi connectivity index (χ1v) is 20.6. The summed E-state index contributed by atoms with van der Waals surface area (Å²) in [6, 6.07) is 0. The van der Waals surface area contributed by atoms with Crippen molar-refractivity contribution in [2.24, 2.45) is 0 Å². The molecular formula is C32H66O4S2. The lowest BCUT2D eigenvalue weighted by molar-refractivity contribution is 0.536. The topological polar surface area (TPSA) is 68.3 Å². The van der Waals surface area contributed by atoms with Gasteiger partial charge in [-0.1, -0.05) is 181 Å². The minimum atomic E-state index is -4.02. The maximum absolute atomic E-state index is 12.3. The molecule has 0 heterocycles. The highest BCUT2D eigenvalue weighted by molar-refractivity contribution is 8.67. The van der Waals surface area contributed by atoms with Crippen LogP contribution in [0, 0.1) is 0 Å². The van der Waals surface area contributed by atoms with Crippen LogP contribution in [0.1, 0.15) is 194 Å². The van der Waals surface area contributed by atoms with Gasteiger partial charge in [-0.25, -0.2) is 16.8 Å². The summed E-state index contributed by atoms with van der Waals surface area (Å²) >= 11 is 0. The number of rotatable bonds is 31. The zero-order valence-electron chi connectivity index (χ0n) is 25.7. The van der Waals surface area contributed by atoms with Gasteiger partial charge in [0.1, 0.15) is 0 Å². The van der Waals surface area contributed by atoms with E-state index in [-0.39, 0.29) is 11.5 Å². The fourth-order valence-corrected chi connectivity index (χ4v) is 9.05. The van der Waals surface area contributed by atoms with Crippen molar-refractivity contribution in [3.05, 3.63) is 0 Å². The van der Waals surface area contributed by atoms with Crippen LogP contribution >= 0.6 is 0 Å². The van der Waals surface area contributed by atoms with Crippen LogP contribution in [0.5, 0.6) is 0 Å². The highest BCUT2D eigenvalue weighted by atomic mass is 33.2. The van der Waals surface area contributed by atoms with Gasteiger partial charge >= 0.3 is 0 Å². The molecule has 230 valence electrons. The summed E-state index contributed by atoms with van der Waals surface area (Å²) in [5.41, 5.74) is 0. The summed E-state index contributed by atoms with van der Waals surface area (Å²) in [6.45, 7) is 4.51. The Kier molecular flexibility index (Phi) is 27.0. The number of unbranched alkanes of at least 4 members (excludes halogenated alkanes) is 26. The third-order valence-electron chi connectivity index (χ3n) is 7.88. The lowest BCUT2D eigenvalue weighted by Crippen LogP contribution is -2.22. The molecule has 0 rings (SSSR count). The molecule has 0 aliphatic rings. The molecule has 0 bridgehead atoms. The first kappa shape index (κ1) is 37.9. The van der Waals surface area contributed by atoms with Crippen LogP contribution in [-0.2, 0) is 17.7 Å². The summed E-state index contributed by atoms with van der Waals surface area (Å²) < 4.78 is 49.4. The molecule has 0 aliphatic carbocycles. The monoisotopic (exact) mass is 578 g/mol. The quantitative estimate of drug-likeness (QED) is 0.0606. The van der Waals surface area contributed by atoms with Gasteiger partial charge < -0.3 is 0 Å². The van der Waals surface area contributed by atoms with Crippen molar-refractivity contribution in [2.75, 3.05) is 11.5 Å². The predicted octanol–water partition coefficient (Wildman–Crippen LogP) is 10.7. The Hall–Kier alpha value is -0.100. The van der Waals surface area contributed by atoms with Gasteiger partial charge in [-0.2, -0.15) is 0 Å². The molecule has 0 N–H and O–H groups in total. The van der Waals surface area contributed by atoms with Gasteiger partial charge in [0.2, 0.25) is 0 Å². The predicted molar refractivity (Wildman–Crippen MR) is 168 cm³/mol. The Morgan fingerprint density at radius 1 is 0.263 bits per heavy atom. The third kappa shape index (κ3) is 23.8. The molecule has 4 nitrogen and oxygen atoms in total. The third-order valence-corrected chi connectivity index (χ3v) is 13.6. The summed E-state index contributed by atoms with van der Waals surface area (Å²) in [4.78, 5) is 0. The molecule has 0 aliphatic heterocycles. The normalized spacial score (nSPS) is 12.4. The molecule has 0 fully saturated rings. The minimum absolute atomic E-state index is 0.202. The second-order valence-electron chi connectivity index (χ2n) is 11.7. The molecule has 0 unspecified atom stereocenters. The van der Waals surface area contributed by atoms with Gasteiger partial charge in [0, 0.05) is 0 Å². The smallest absolute Gasteiger partial charge is 0.213 e. The largest absolute Gasteiger partial charge is 0.253 e. The van der Waals surface area contributed by atoms with Crippen LogP contribution in [0.2, 0.25) is 0 Å². The molecule has 0 radical (unpaired) electrons. The Morgan fingerprint density at radius 3 is 0.605 bits per heavy atom. The van der Waals surface area contributed by atoms with Crippen LogP contribution in [0.15, 0.2) is 0 Å². The van der Waals surface area contributed by atoms with Crippen molar-refractivity contribution in [3.8, 4) is 0 Å². The highest BCUT2D eigenvalue weighted by Crippen LogP contribution is 2.17. The first-order chi connectivity index (χ1) is 18.4. The minimum Gasteiger partial charge on any atom is -0.213 e. The van der Waals surface area contributed by atoms with Crippen LogP contribution < -0.4 is 0 Å². The molecule has 0 aromatic heterocycles. The highest BCUT2D eigenvalue weighted by Gasteiger charge is 2.28. The van der Waals surface area contributed by atoms with E-state index in [2.05, 4.69) is 13.8 Å². The Bertz CT molecular complexity index is 626. The molecule has 0 aromatic rings. The van der Waals surface area contributed by atoms with E-state index >= 15 is 0 Å². The van der Waals surface area contributed by atoms with E-state index in [9.17, 15) is 16.8 Å². The molecule has 0 saturated carbocycles. The first-order valence-electron chi connectivity index (χ1n) is 16.8. The van der Waals surface area contributed by atoms with Gasteiger partial charge in [0.25, 0.3) is 17.7 Å². The fourth-order valence-electron chi connectivity index (χ4n) is 5.20. The van der Waals surface area contributed by atoms with Crippen molar-refractivity contribution in [3.63, 3.8) is 0 Å². The average molecular weight is 579 g/mol. The van der Waals surface area contributed by atoms with Crippen LogP contribution in [-0.4, -0.2) is 28.3 Å². The maximum atomic E-state index is 12.3. The van der Waals surface area contributed by atoms with Gasteiger partial charge in [-0.05, 0) is 12.8 Å². The van der Waals surface area contributed by atoms with E-state index < -0.39 is 17.7 Å². The number of hydrogen-bond acceptors (Lipinski definition) is 4. The number of hydrogen-bond donors (Lipinski definition) is 0. The Balaban J connectivity index is 3.60. The summed E-state index contributed by atoms with van der Waals surface area (Å²) in [7, 11) is -8.04. The second kappa shape index (κ2) is 27.1. The molecule has 0 aromatic carbocycles. The van der Waals surface area contributed by atoms with E-state index in [0.29, 0.717) is 12.8 Å². The zero-order chi connectivity index (χ0) is 28.2. The van der Waals surface area contributed by atoms with Crippen molar-refractivity contribution in [1.82, 2.24) is 0 Å². The van der Waals surface area contributed by atoms with Crippen molar-refractivity contribution in [2.45, 2.75) is 194 Å². The zero-order valence-corrected chi connectivity index (χ0v) is 27.3. The van der Waals surface area contributed by atoms with Crippen molar-refractivity contribution < 1.29 is 16.8 Å². The van der Waals surface area contributed by atoms with Crippen LogP contribution in [0.25, 0.3) is 0 Å². The van der Waals surface area contributed by atoms with Gasteiger partial charge in [0.05, 0.1) is 11.5 Å². The summed E-state index contributed by atoms with van der Waals surface area (Å²) in [6.07, 6.45) is 33.4. The van der Waals surface area contributed by atoms with E-state index in [1.807, 2.05) is 0 Å². The SMILES string of the molecule is CCCCCCCCCCCCCCCCS(=O)(=O)S(=O)(=O)CCCCCCCCCCCCCCCC. The molecule has 0 amide bonds. The molecule has 38 heavy (non-hydrogen) atoms. The standard InChI is InChI=1S/C32H66O4S2/c1-3-5-7-9-11-13-15-17-19-21-23-25-27-29-31-37(33,34)38(35,36)32-30-28-26-24-22-20-18-16-14-12-10-8-6-4-2/h3-32H2,1-2H3. The average Bonchev–Trinajstić information content (AvgIpc) is 2.89. The van der Waals surface area contributed by atoms with Gasteiger partial charge in [-0.15, -0.1) is 0 Å². The molecule has 0 spiro atoms. The molecule has 0 atom stereocenters. The second-order valence-corrected chi connectivity index (χ2v) is 17.8. The maximum Gasteiger partial charge on any atom is 0.253 e. The molecule has 6 heteroatoms. The van der Waals surface area contributed by atoms with Crippen molar-refractivity contribution >= 4 is 17.7 Å². The molecule has 0 saturated heterocycles. The Morgan fingerprint density at radius 2 is 0.421 bits per heavy atom. The van der Waals surface area contributed by atoms with E-state index in [0.717, 1.165) is 38.5 Å². The summed E-state index contributed by atoms with van der Waals surface area (Å²) in [5, 5.41) is 0. The van der Waals surface area contributed by atoms with Crippen molar-refractivity contribution in [1.29, 1.82) is 0 Å². The van der Waals surface area contributed by atoms with Gasteiger partial charge in [0.15, 0.2) is 0 Å². The van der Waals surface area contributed by atoms with E-state index in [4.69, 9.17) is 0 Å². The van der Waals surface area contributed by atoms with E-state index in [1.54, 1.807) is 0 Å². The lowest BCUT2D eigenvalue weighted by Gasteiger charge is -2.07. The molecular weight excluding hydrogens is 512 g/mol.